The van der Waals surface area contributed by atoms with Gasteiger partial charge in [0.25, 0.3) is 11.5 Å². The lowest BCUT2D eigenvalue weighted by atomic mass is 9.98. The van der Waals surface area contributed by atoms with Gasteiger partial charge in [0.1, 0.15) is 17.2 Å². The Labute approximate surface area is 213 Å². The standard InChI is InChI=1S/C27H29N7O3/c1-16-11-24(31-30-16)29-21-12-18(14-32(2)26(21)36)19-7-8-28-25(20(19)15-35)34-10-9-33-22-6-4-3-5-17(22)13-23(33)27(34)37/h7-8,11-14,35H,3-6,9-10,15H2,1-2H3,(H2,29,30,31). The highest BCUT2D eigenvalue weighted by Crippen LogP contribution is 2.34. The Morgan fingerprint density at radius 3 is 2.76 bits per heavy atom. The predicted octanol–water partition coefficient (Wildman–Crippen LogP) is 3.06. The SMILES string of the molecule is Cc1cc(Nc2cc(-c3ccnc(N4CCn5c(cc6c5CCCC6)C4=O)c3CO)cn(C)c2=O)n[nH]1. The summed E-state index contributed by atoms with van der Waals surface area (Å²) in [6.07, 6.45) is 7.70. The molecule has 37 heavy (non-hydrogen) atoms. The Bertz CT molecular complexity index is 1580. The first-order valence-electron chi connectivity index (χ1n) is 12.6. The molecule has 4 aromatic rings. The summed E-state index contributed by atoms with van der Waals surface area (Å²) in [5.41, 5.74) is 6.23. The monoisotopic (exact) mass is 499 g/mol. The number of anilines is 3. The van der Waals surface area contributed by atoms with E-state index in [0.717, 1.165) is 31.4 Å². The van der Waals surface area contributed by atoms with Crippen LogP contribution in [0.5, 0.6) is 0 Å². The van der Waals surface area contributed by atoms with Crippen molar-refractivity contribution in [1.29, 1.82) is 0 Å². The number of hydrogen-bond donors (Lipinski definition) is 3. The Hall–Kier alpha value is -4.18. The largest absolute Gasteiger partial charge is 0.392 e. The molecule has 1 aliphatic carbocycles. The normalized spacial score (nSPS) is 15.0. The number of carbonyl (C=O) groups is 1. The average molecular weight is 500 g/mol. The van der Waals surface area contributed by atoms with Gasteiger partial charge in [-0.15, -0.1) is 0 Å². The van der Waals surface area contributed by atoms with E-state index in [4.69, 9.17) is 0 Å². The van der Waals surface area contributed by atoms with E-state index in [-0.39, 0.29) is 18.1 Å². The summed E-state index contributed by atoms with van der Waals surface area (Å²) in [6, 6.07) is 7.38. The van der Waals surface area contributed by atoms with E-state index in [0.29, 0.717) is 52.8 Å². The van der Waals surface area contributed by atoms with E-state index in [2.05, 4.69) is 25.1 Å². The van der Waals surface area contributed by atoms with Crippen LogP contribution in [0, 0.1) is 6.92 Å². The molecule has 1 amide bonds. The van der Waals surface area contributed by atoms with Crippen LogP contribution in [0.4, 0.5) is 17.3 Å². The molecular weight excluding hydrogens is 470 g/mol. The van der Waals surface area contributed by atoms with Crippen molar-refractivity contribution < 1.29 is 9.90 Å². The number of hydrogen-bond acceptors (Lipinski definition) is 6. The molecule has 10 nitrogen and oxygen atoms in total. The van der Waals surface area contributed by atoms with Gasteiger partial charge < -0.3 is 19.6 Å². The molecule has 1 aliphatic heterocycles. The lowest BCUT2D eigenvalue weighted by Gasteiger charge is -2.30. The van der Waals surface area contributed by atoms with Crippen LogP contribution in [0.25, 0.3) is 11.1 Å². The molecule has 3 N–H and O–H groups in total. The fraction of sp³-hybridized carbons (Fsp3) is 0.333. The summed E-state index contributed by atoms with van der Waals surface area (Å²) < 4.78 is 3.65. The Morgan fingerprint density at radius 1 is 1.14 bits per heavy atom. The van der Waals surface area contributed by atoms with E-state index >= 15 is 0 Å². The highest BCUT2D eigenvalue weighted by Gasteiger charge is 2.32. The molecule has 10 heteroatoms. The van der Waals surface area contributed by atoms with Gasteiger partial charge in [0.05, 0.1) is 6.61 Å². The van der Waals surface area contributed by atoms with Crippen molar-refractivity contribution in [2.24, 2.45) is 7.05 Å². The van der Waals surface area contributed by atoms with Crippen LogP contribution in [-0.2, 0) is 33.0 Å². The Morgan fingerprint density at radius 2 is 1.97 bits per heavy atom. The maximum absolute atomic E-state index is 13.6. The number of nitrogens with zero attached hydrogens (tertiary/aromatic N) is 5. The zero-order valence-electron chi connectivity index (χ0n) is 20.9. The maximum Gasteiger partial charge on any atom is 0.276 e. The fourth-order valence-corrected chi connectivity index (χ4v) is 5.55. The van der Waals surface area contributed by atoms with E-state index in [9.17, 15) is 14.7 Å². The predicted molar refractivity (Wildman–Crippen MR) is 140 cm³/mol. The zero-order valence-corrected chi connectivity index (χ0v) is 20.9. The lowest BCUT2D eigenvalue weighted by Crippen LogP contribution is -2.41. The molecule has 0 saturated heterocycles. The molecule has 0 fully saturated rings. The van der Waals surface area contributed by atoms with Crippen molar-refractivity contribution in [3.05, 3.63) is 75.2 Å². The third-order valence-electron chi connectivity index (χ3n) is 7.33. The first-order chi connectivity index (χ1) is 17.9. The van der Waals surface area contributed by atoms with Crippen molar-refractivity contribution in [3.63, 3.8) is 0 Å². The number of pyridine rings is 2. The molecule has 0 spiro atoms. The Balaban J connectivity index is 1.39. The van der Waals surface area contributed by atoms with Crippen LogP contribution in [0.15, 0.2) is 41.5 Å². The molecule has 190 valence electrons. The third kappa shape index (κ3) is 3.93. The molecule has 0 bridgehead atoms. The number of nitrogens with one attached hydrogen (secondary N) is 2. The van der Waals surface area contributed by atoms with Gasteiger partial charge in [0.2, 0.25) is 0 Å². The molecule has 4 aromatic heterocycles. The van der Waals surface area contributed by atoms with E-state index in [1.165, 1.54) is 15.8 Å². The summed E-state index contributed by atoms with van der Waals surface area (Å²) in [6.45, 7) is 2.76. The molecule has 0 unspecified atom stereocenters. The smallest absolute Gasteiger partial charge is 0.276 e. The van der Waals surface area contributed by atoms with Gasteiger partial charge in [-0.1, -0.05) is 0 Å². The molecule has 2 aliphatic rings. The van der Waals surface area contributed by atoms with E-state index < -0.39 is 0 Å². The maximum atomic E-state index is 13.6. The van der Waals surface area contributed by atoms with Gasteiger partial charge in [-0.2, -0.15) is 5.10 Å². The summed E-state index contributed by atoms with van der Waals surface area (Å²) in [5, 5.41) is 20.6. The van der Waals surface area contributed by atoms with Gasteiger partial charge in [0, 0.05) is 61.1 Å². The Kier molecular flexibility index (Phi) is 5.68. The van der Waals surface area contributed by atoms with Gasteiger partial charge in [-0.05, 0) is 61.9 Å². The highest BCUT2D eigenvalue weighted by molar-refractivity contribution is 6.06. The fourth-order valence-electron chi connectivity index (χ4n) is 5.55. The van der Waals surface area contributed by atoms with Crippen molar-refractivity contribution in [2.45, 2.75) is 45.8 Å². The number of carbonyl (C=O) groups excluding carboxylic acids is 1. The van der Waals surface area contributed by atoms with Crippen LogP contribution < -0.4 is 15.8 Å². The number of fused-ring (bicyclic) bond motifs is 3. The van der Waals surface area contributed by atoms with Crippen LogP contribution >= 0.6 is 0 Å². The number of amides is 1. The van der Waals surface area contributed by atoms with Crippen LogP contribution in [-0.4, -0.2) is 41.9 Å². The molecular formula is C27H29N7O3. The highest BCUT2D eigenvalue weighted by atomic mass is 16.3. The molecule has 0 aromatic carbocycles. The second-order valence-electron chi connectivity index (χ2n) is 9.76. The number of aromatic nitrogens is 5. The number of aliphatic hydroxyl groups excluding tert-OH is 1. The second-order valence-corrected chi connectivity index (χ2v) is 9.76. The number of aromatic amines is 1. The third-order valence-corrected chi connectivity index (χ3v) is 7.33. The average Bonchev–Trinajstić information content (AvgIpc) is 3.50. The van der Waals surface area contributed by atoms with Gasteiger partial charge in [-0.25, -0.2) is 4.98 Å². The minimum absolute atomic E-state index is 0.100. The minimum atomic E-state index is -0.302. The number of rotatable bonds is 5. The summed E-state index contributed by atoms with van der Waals surface area (Å²) >= 11 is 0. The van der Waals surface area contributed by atoms with Crippen molar-refractivity contribution >= 4 is 23.2 Å². The van der Waals surface area contributed by atoms with Gasteiger partial charge >= 0.3 is 0 Å². The van der Waals surface area contributed by atoms with Crippen molar-refractivity contribution in [3.8, 4) is 11.1 Å². The topological polar surface area (TPSA) is 121 Å². The molecule has 0 radical (unpaired) electrons. The van der Waals surface area contributed by atoms with Crippen LogP contribution in [0.2, 0.25) is 0 Å². The minimum Gasteiger partial charge on any atom is -0.392 e. The molecule has 0 atom stereocenters. The quantitative estimate of drug-likeness (QED) is 0.388. The zero-order chi connectivity index (χ0) is 25.7. The number of aryl methyl sites for hydroxylation is 3. The first-order valence-corrected chi connectivity index (χ1v) is 12.6. The van der Waals surface area contributed by atoms with Crippen molar-refractivity contribution in [2.75, 3.05) is 16.8 Å². The molecule has 0 saturated carbocycles. The summed E-state index contributed by atoms with van der Waals surface area (Å²) in [7, 11) is 1.68. The van der Waals surface area contributed by atoms with Crippen LogP contribution in [0.1, 0.15) is 45.8 Å². The summed E-state index contributed by atoms with van der Waals surface area (Å²) in [4.78, 5) is 32.7. The van der Waals surface area contributed by atoms with Crippen molar-refractivity contribution in [1.82, 2.24) is 24.3 Å². The number of aliphatic hydroxyl groups is 1. The van der Waals surface area contributed by atoms with Gasteiger partial charge in [0.15, 0.2) is 5.82 Å². The number of H-pyrrole nitrogens is 1. The first kappa shape index (κ1) is 23.2. The lowest BCUT2D eigenvalue weighted by molar-refractivity contribution is 0.0963. The van der Waals surface area contributed by atoms with Gasteiger partial charge in [-0.3, -0.25) is 19.6 Å². The second kappa shape index (κ2) is 9.04. The van der Waals surface area contributed by atoms with E-state index in [1.807, 2.05) is 19.1 Å². The van der Waals surface area contributed by atoms with Crippen LogP contribution in [0.3, 0.4) is 0 Å². The van der Waals surface area contributed by atoms with E-state index in [1.54, 1.807) is 36.5 Å². The molecule has 6 rings (SSSR count). The molecule has 5 heterocycles. The summed E-state index contributed by atoms with van der Waals surface area (Å²) in [5.74, 6) is 0.882.